The number of likely N-dealkylation sites (tertiary alicyclic amines) is 1. The lowest BCUT2D eigenvalue weighted by molar-refractivity contribution is -0.126. The molecule has 8 heteroatoms. The van der Waals surface area contributed by atoms with E-state index in [1.807, 2.05) is 18.2 Å². The van der Waals surface area contributed by atoms with Crippen LogP contribution in [0, 0.1) is 5.92 Å². The first-order chi connectivity index (χ1) is 19.0. The Kier molecular flexibility index (Phi) is 8.64. The van der Waals surface area contributed by atoms with Crippen molar-refractivity contribution < 1.29 is 14.7 Å². The Bertz CT molecular complexity index is 1450. The highest BCUT2D eigenvalue weighted by Gasteiger charge is 2.23. The Morgan fingerprint density at radius 2 is 1.72 bits per heavy atom. The normalized spacial score (nSPS) is 14.5. The smallest absolute Gasteiger partial charge is 0.335 e. The number of amides is 1. The van der Waals surface area contributed by atoms with E-state index in [0.29, 0.717) is 30.8 Å². The molecule has 1 fully saturated rings. The molecule has 3 aromatic carbocycles. The Morgan fingerprint density at radius 1 is 1.00 bits per heavy atom. The fourth-order valence-electron chi connectivity index (χ4n) is 5.14. The minimum atomic E-state index is -0.925. The van der Waals surface area contributed by atoms with Gasteiger partial charge in [-0.15, -0.1) is 0 Å². The molecule has 0 spiro atoms. The van der Waals surface area contributed by atoms with Gasteiger partial charge in [0.05, 0.1) is 17.8 Å². The first-order valence-electron chi connectivity index (χ1n) is 13.4. The first-order valence-corrected chi connectivity index (χ1v) is 14.4. The van der Waals surface area contributed by atoms with Crippen LogP contribution in [0.25, 0.3) is 10.8 Å². The molecule has 7 nitrogen and oxygen atoms in total. The summed E-state index contributed by atoms with van der Waals surface area (Å²) < 4.78 is 2.14. The maximum Gasteiger partial charge on any atom is 0.335 e. The van der Waals surface area contributed by atoms with Gasteiger partial charge in [0, 0.05) is 30.8 Å². The minimum Gasteiger partial charge on any atom is -0.478 e. The molecule has 39 heavy (non-hydrogen) atoms. The molecule has 0 radical (unpaired) electrons. The van der Waals surface area contributed by atoms with Gasteiger partial charge in [0.25, 0.3) is 0 Å². The fraction of sp³-hybridized carbons (Fsp3) is 0.323. The lowest BCUT2D eigenvalue weighted by Gasteiger charge is -2.28. The van der Waals surface area contributed by atoms with Gasteiger partial charge in [-0.2, -0.15) is 0 Å². The largest absolute Gasteiger partial charge is 0.478 e. The second-order valence-electron chi connectivity index (χ2n) is 10.2. The maximum atomic E-state index is 12.7. The monoisotopic (exact) mass is 542 g/mol. The van der Waals surface area contributed by atoms with Crippen molar-refractivity contribution in [1.29, 1.82) is 0 Å². The summed E-state index contributed by atoms with van der Waals surface area (Å²) in [6.45, 7) is 3.12. The van der Waals surface area contributed by atoms with E-state index >= 15 is 0 Å². The quantitative estimate of drug-likeness (QED) is 0.272. The number of carbonyl (C=O) groups is 2. The molecule has 2 heterocycles. The highest BCUT2D eigenvalue weighted by atomic mass is 32.2. The molecule has 1 amide bonds. The third-order valence-corrected chi connectivity index (χ3v) is 8.42. The number of hydrogen-bond acceptors (Lipinski definition) is 5. The molecule has 4 aromatic rings. The number of nitrogens with one attached hydrogen (secondary N) is 1. The van der Waals surface area contributed by atoms with Crippen LogP contribution in [0.1, 0.15) is 40.0 Å². The van der Waals surface area contributed by atoms with Crippen LogP contribution < -0.4 is 5.32 Å². The van der Waals surface area contributed by atoms with Crippen LogP contribution in [0.2, 0.25) is 0 Å². The topological polar surface area (TPSA) is 87.5 Å². The molecule has 1 aliphatic heterocycles. The van der Waals surface area contributed by atoms with Gasteiger partial charge in [-0.3, -0.25) is 4.79 Å². The van der Waals surface area contributed by atoms with E-state index < -0.39 is 5.97 Å². The van der Waals surface area contributed by atoms with Gasteiger partial charge in [-0.25, -0.2) is 9.78 Å². The summed E-state index contributed by atoms with van der Waals surface area (Å²) in [6, 6.07) is 21.8. The van der Waals surface area contributed by atoms with Crippen LogP contribution in [-0.2, 0) is 23.5 Å². The Balaban J connectivity index is 1.32. The molecule has 2 N–H and O–H groups in total. The number of benzene rings is 3. The summed E-state index contributed by atoms with van der Waals surface area (Å²) >= 11 is 1.54. The van der Waals surface area contributed by atoms with Gasteiger partial charge in [0.1, 0.15) is 0 Å². The van der Waals surface area contributed by atoms with Crippen molar-refractivity contribution in [2.24, 2.45) is 5.92 Å². The van der Waals surface area contributed by atoms with Gasteiger partial charge < -0.3 is 19.9 Å². The molecule has 1 aliphatic rings. The zero-order valence-corrected chi connectivity index (χ0v) is 23.0. The molecule has 0 aliphatic carbocycles. The van der Waals surface area contributed by atoms with Gasteiger partial charge in [-0.1, -0.05) is 72.4 Å². The lowest BCUT2D eigenvalue weighted by Crippen LogP contribution is -2.39. The summed E-state index contributed by atoms with van der Waals surface area (Å²) in [5.74, 6) is -0.198. The molecule has 0 saturated carbocycles. The number of aromatic carboxylic acids is 1. The Hall–Kier alpha value is -3.62. The van der Waals surface area contributed by atoms with E-state index in [1.54, 1.807) is 12.1 Å². The van der Waals surface area contributed by atoms with Crippen LogP contribution in [-0.4, -0.2) is 58.1 Å². The van der Waals surface area contributed by atoms with Gasteiger partial charge in [0.2, 0.25) is 5.91 Å². The van der Waals surface area contributed by atoms with Crippen molar-refractivity contribution in [2.75, 3.05) is 26.7 Å². The molecular weight excluding hydrogens is 508 g/mol. The number of nitrogens with zero attached hydrogens (tertiary/aromatic N) is 3. The SMILES string of the molecule is CN1CCC(C(=O)NCCc2cn(Cc3cccc4ccccc34)c(SCc3ccccc3C(=O)O)n2)CC1. The van der Waals surface area contributed by atoms with E-state index in [2.05, 4.69) is 64.4 Å². The minimum absolute atomic E-state index is 0.0885. The summed E-state index contributed by atoms with van der Waals surface area (Å²) in [6.07, 6.45) is 4.51. The van der Waals surface area contributed by atoms with Crippen LogP contribution in [0.15, 0.2) is 78.1 Å². The zero-order valence-electron chi connectivity index (χ0n) is 22.2. The molecular formula is C31H34N4O3S. The van der Waals surface area contributed by atoms with Gasteiger partial charge in [-0.05, 0) is 60.9 Å². The first kappa shape index (κ1) is 27.0. The number of rotatable bonds is 10. The molecule has 1 aromatic heterocycles. The number of thioether (sulfide) groups is 1. The second kappa shape index (κ2) is 12.5. The van der Waals surface area contributed by atoms with Crippen molar-refractivity contribution in [2.45, 2.75) is 36.7 Å². The Labute approximate surface area is 233 Å². The van der Waals surface area contributed by atoms with Crippen LogP contribution >= 0.6 is 11.8 Å². The standard InChI is InChI=1S/C31H34N4O3S/c1-34-17-14-23(15-18-34)29(36)32-16-13-26-20-35(19-24-10-6-9-22-7-2-4-11-27(22)24)31(33-26)39-21-25-8-3-5-12-28(25)30(37)38/h2-12,20,23H,13-19,21H2,1H3,(H,32,36)(H,37,38). The summed E-state index contributed by atoms with van der Waals surface area (Å²) in [5, 5.41) is 15.9. The number of aromatic nitrogens is 2. The van der Waals surface area contributed by atoms with Crippen molar-refractivity contribution in [1.82, 2.24) is 19.8 Å². The summed E-state index contributed by atoms with van der Waals surface area (Å²) in [5.41, 5.74) is 3.18. The maximum absolute atomic E-state index is 12.7. The molecule has 0 atom stereocenters. The molecule has 5 rings (SSSR count). The predicted molar refractivity (Wildman–Crippen MR) is 155 cm³/mol. The molecule has 202 valence electrons. The van der Waals surface area contributed by atoms with Crippen LogP contribution in [0.5, 0.6) is 0 Å². The molecule has 1 saturated heterocycles. The highest BCUT2D eigenvalue weighted by molar-refractivity contribution is 7.98. The van der Waals surface area contributed by atoms with E-state index in [0.717, 1.165) is 42.3 Å². The van der Waals surface area contributed by atoms with Crippen molar-refractivity contribution in [3.63, 3.8) is 0 Å². The van der Waals surface area contributed by atoms with Gasteiger partial charge >= 0.3 is 5.97 Å². The van der Waals surface area contributed by atoms with E-state index in [1.165, 1.54) is 28.1 Å². The number of piperidine rings is 1. The average Bonchev–Trinajstić information content (AvgIpc) is 3.33. The number of carbonyl (C=O) groups excluding carboxylic acids is 1. The molecule has 0 unspecified atom stereocenters. The third-order valence-electron chi connectivity index (χ3n) is 7.38. The zero-order chi connectivity index (χ0) is 27.2. The van der Waals surface area contributed by atoms with Gasteiger partial charge in [0.15, 0.2) is 5.16 Å². The highest BCUT2D eigenvalue weighted by Crippen LogP contribution is 2.27. The lowest BCUT2D eigenvalue weighted by atomic mass is 9.96. The number of carboxylic acids is 1. The number of hydrogen-bond donors (Lipinski definition) is 2. The predicted octanol–water partition coefficient (Wildman–Crippen LogP) is 5.08. The second-order valence-corrected chi connectivity index (χ2v) is 11.1. The average molecular weight is 543 g/mol. The number of carboxylic acid groups (broad SMARTS) is 1. The van der Waals surface area contributed by atoms with Crippen LogP contribution in [0.4, 0.5) is 0 Å². The fourth-order valence-corrected chi connectivity index (χ4v) is 6.14. The summed E-state index contributed by atoms with van der Waals surface area (Å²) in [7, 11) is 2.10. The molecule has 0 bridgehead atoms. The Morgan fingerprint density at radius 3 is 2.54 bits per heavy atom. The number of fused-ring (bicyclic) bond motifs is 1. The van der Waals surface area contributed by atoms with Crippen molar-refractivity contribution in [3.05, 3.63) is 95.3 Å². The van der Waals surface area contributed by atoms with Crippen LogP contribution in [0.3, 0.4) is 0 Å². The van der Waals surface area contributed by atoms with Crippen molar-refractivity contribution >= 4 is 34.4 Å². The van der Waals surface area contributed by atoms with E-state index in [-0.39, 0.29) is 11.8 Å². The van der Waals surface area contributed by atoms with Crippen molar-refractivity contribution in [3.8, 4) is 0 Å². The third kappa shape index (κ3) is 6.69. The van der Waals surface area contributed by atoms with E-state index in [4.69, 9.17) is 4.98 Å². The van der Waals surface area contributed by atoms with E-state index in [9.17, 15) is 14.7 Å². The summed E-state index contributed by atoms with van der Waals surface area (Å²) in [4.78, 5) is 31.6. The number of imidazole rings is 1.